The summed E-state index contributed by atoms with van der Waals surface area (Å²) >= 11 is 0. The van der Waals surface area contributed by atoms with Gasteiger partial charge in [0.15, 0.2) is 0 Å². The molecule has 0 bridgehead atoms. The van der Waals surface area contributed by atoms with Gasteiger partial charge in [0.1, 0.15) is 0 Å². The average molecular weight is 197 g/mol. The second-order valence-corrected chi connectivity index (χ2v) is 5.38. The van der Waals surface area contributed by atoms with E-state index in [0.717, 1.165) is 25.0 Å². The van der Waals surface area contributed by atoms with E-state index in [1.54, 1.807) is 0 Å². The topological polar surface area (TPSA) is 21.3 Å². The SMILES string of the molecule is CC(C)C1(CC2CCOCC2)CNC1. The lowest BCUT2D eigenvalue weighted by Crippen LogP contribution is -2.57. The van der Waals surface area contributed by atoms with E-state index in [1.807, 2.05) is 0 Å². The molecular formula is C12H23NO. The quantitative estimate of drug-likeness (QED) is 0.747. The van der Waals surface area contributed by atoms with Crippen molar-refractivity contribution >= 4 is 0 Å². The van der Waals surface area contributed by atoms with Crippen LogP contribution in [0.1, 0.15) is 33.1 Å². The Morgan fingerprint density at radius 1 is 1.29 bits per heavy atom. The van der Waals surface area contributed by atoms with Crippen molar-refractivity contribution in [3.63, 3.8) is 0 Å². The van der Waals surface area contributed by atoms with Crippen LogP contribution in [-0.2, 0) is 4.74 Å². The van der Waals surface area contributed by atoms with Crippen LogP contribution in [0, 0.1) is 17.3 Å². The lowest BCUT2D eigenvalue weighted by molar-refractivity contribution is 0.0134. The number of rotatable bonds is 3. The molecule has 0 unspecified atom stereocenters. The molecule has 82 valence electrons. The van der Waals surface area contributed by atoms with Crippen molar-refractivity contribution in [1.29, 1.82) is 0 Å². The molecular weight excluding hydrogens is 174 g/mol. The molecule has 0 radical (unpaired) electrons. The van der Waals surface area contributed by atoms with Crippen LogP contribution in [0.3, 0.4) is 0 Å². The van der Waals surface area contributed by atoms with Gasteiger partial charge >= 0.3 is 0 Å². The molecule has 2 fully saturated rings. The van der Waals surface area contributed by atoms with Gasteiger partial charge in [-0.05, 0) is 36.5 Å². The van der Waals surface area contributed by atoms with Crippen molar-refractivity contribution in [1.82, 2.24) is 5.32 Å². The van der Waals surface area contributed by atoms with E-state index in [2.05, 4.69) is 19.2 Å². The Balaban J connectivity index is 1.87. The van der Waals surface area contributed by atoms with Crippen LogP contribution in [0.5, 0.6) is 0 Å². The smallest absolute Gasteiger partial charge is 0.0468 e. The number of nitrogens with one attached hydrogen (secondary N) is 1. The Bertz CT molecular complexity index is 181. The maximum Gasteiger partial charge on any atom is 0.0468 e. The Labute approximate surface area is 87.4 Å². The summed E-state index contributed by atoms with van der Waals surface area (Å²) in [7, 11) is 0. The third kappa shape index (κ3) is 1.96. The maximum atomic E-state index is 5.41. The van der Waals surface area contributed by atoms with Crippen molar-refractivity contribution in [2.24, 2.45) is 17.3 Å². The molecule has 2 aliphatic rings. The number of ether oxygens (including phenoxy) is 1. The van der Waals surface area contributed by atoms with Crippen LogP contribution < -0.4 is 5.32 Å². The third-order valence-corrected chi connectivity index (χ3v) is 4.21. The second kappa shape index (κ2) is 4.19. The Hall–Kier alpha value is -0.0800. The van der Waals surface area contributed by atoms with E-state index >= 15 is 0 Å². The summed E-state index contributed by atoms with van der Waals surface area (Å²) < 4.78 is 5.41. The van der Waals surface area contributed by atoms with E-state index in [1.165, 1.54) is 32.4 Å². The van der Waals surface area contributed by atoms with Gasteiger partial charge in [0.2, 0.25) is 0 Å². The predicted octanol–water partition coefficient (Wildman–Crippen LogP) is 2.05. The van der Waals surface area contributed by atoms with Gasteiger partial charge in [-0.25, -0.2) is 0 Å². The largest absolute Gasteiger partial charge is 0.381 e. The van der Waals surface area contributed by atoms with E-state index < -0.39 is 0 Å². The zero-order valence-electron chi connectivity index (χ0n) is 9.51. The minimum atomic E-state index is 0.613. The zero-order valence-corrected chi connectivity index (χ0v) is 9.51. The molecule has 0 aromatic heterocycles. The fraction of sp³-hybridized carbons (Fsp3) is 1.00. The molecule has 0 atom stereocenters. The van der Waals surface area contributed by atoms with Crippen LogP contribution in [0.2, 0.25) is 0 Å². The summed E-state index contributed by atoms with van der Waals surface area (Å²) in [5.41, 5.74) is 0.613. The van der Waals surface area contributed by atoms with Gasteiger partial charge in [0.25, 0.3) is 0 Å². The minimum Gasteiger partial charge on any atom is -0.381 e. The number of hydrogen-bond donors (Lipinski definition) is 1. The van der Waals surface area contributed by atoms with Crippen LogP contribution in [-0.4, -0.2) is 26.3 Å². The molecule has 0 aliphatic carbocycles. The molecule has 2 heterocycles. The van der Waals surface area contributed by atoms with Gasteiger partial charge in [0.05, 0.1) is 0 Å². The Kier molecular flexibility index (Phi) is 3.13. The highest BCUT2D eigenvalue weighted by atomic mass is 16.5. The average Bonchev–Trinajstić information content (AvgIpc) is 2.12. The summed E-state index contributed by atoms with van der Waals surface area (Å²) in [5, 5.41) is 3.44. The molecule has 2 heteroatoms. The first kappa shape index (κ1) is 10.4. The molecule has 0 spiro atoms. The van der Waals surface area contributed by atoms with Crippen LogP contribution in [0.4, 0.5) is 0 Å². The molecule has 0 aromatic rings. The van der Waals surface area contributed by atoms with Crippen molar-refractivity contribution in [2.45, 2.75) is 33.1 Å². The highest BCUT2D eigenvalue weighted by Gasteiger charge is 2.41. The lowest BCUT2D eigenvalue weighted by Gasteiger charge is -2.48. The maximum absolute atomic E-state index is 5.41. The standard InChI is InChI=1S/C12H23NO/c1-10(2)12(8-13-9-12)7-11-3-5-14-6-4-11/h10-11,13H,3-9H2,1-2H3. The van der Waals surface area contributed by atoms with Gasteiger partial charge in [0, 0.05) is 26.3 Å². The minimum absolute atomic E-state index is 0.613. The third-order valence-electron chi connectivity index (χ3n) is 4.21. The summed E-state index contributed by atoms with van der Waals surface area (Å²) in [6.07, 6.45) is 3.99. The first-order valence-electron chi connectivity index (χ1n) is 6.01. The Morgan fingerprint density at radius 2 is 1.93 bits per heavy atom. The monoisotopic (exact) mass is 197 g/mol. The van der Waals surface area contributed by atoms with Gasteiger partial charge in [-0.15, -0.1) is 0 Å². The molecule has 0 aromatic carbocycles. The molecule has 1 N–H and O–H groups in total. The highest BCUT2D eigenvalue weighted by Crippen LogP contribution is 2.40. The van der Waals surface area contributed by atoms with Crippen molar-refractivity contribution < 1.29 is 4.74 Å². The van der Waals surface area contributed by atoms with Crippen LogP contribution >= 0.6 is 0 Å². The zero-order chi connectivity index (χ0) is 10.0. The van der Waals surface area contributed by atoms with E-state index in [0.29, 0.717) is 5.41 Å². The molecule has 2 saturated heterocycles. The van der Waals surface area contributed by atoms with Gasteiger partial charge in [-0.2, -0.15) is 0 Å². The highest BCUT2D eigenvalue weighted by molar-refractivity contribution is 4.96. The van der Waals surface area contributed by atoms with Crippen molar-refractivity contribution in [3.05, 3.63) is 0 Å². The van der Waals surface area contributed by atoms with Crippen molar-refractivity contribution in [2.75, 3.05) is 26.3 Å². The summed E-state index contributed by atoms with van der Waals surface area (Å²) in [6, 6.07) is 0. The predicted molar refractivity (Wildman–Crippen MR) is 58.3 cm³/mol. The van der Waals surface area contributed by atoms with Crippen LogP contribution in [0.25, 0.3) is 0 Å². The van der Waals surface area contributed by atoms with E-state index in [-0.39, 0.29) is 0 Å². The van der Waals surface area contributed by atoms with Gasteiger partial charge in [-0.3, -0.25) is 0 Å². The first-order chi connectivity index (χ1) is 6.73. The molecule has 2 nitrogen and oxygen atoms in total. The molecule has 0 saturated carbocycles. The molecule has 2 rings (SSSR count). The lowest BCUT2D eigenvalue weighted by atomic mass is 9.66. The van der Waals surface area contributed by atoms with E-state index in [4.69, 9.17) is 4.74 Å². The fourth-order valence-electron chi connectivity index (χ4n) is 2.76. The van der Waals surface area contributed by atoms with Gasteiger partial charge in [-0.1, -0.05) is 13.8 Å². The van der Waals surface area contributed by atoms with Crippen molar-refractivity contribution in [3.8, 4) is 0 Å². The number of hydrogen-bond acceptors (Lipinski definition) is 2. The molecule has 14 heavy (non-hydrogen) atoms. The summed E-state index contributed by atoms with van der Waals surface area (Å²) in [5.74, 6) is 1.75. The normalized spacial score (nSPS) is 27.6. The molecule has 0 amide bonds. The Morgan fingerprint density at radius 3 is 2.36 bits per heavy atom. The summed E-state index contributed by atoms with van der Waals surface area (Å²) in [6.45, 7) is 9.21. The fourth-order valence-corrected chi connectivity index (χ4v) is 2.76. The molecule has 2 aliphatic heterocycles. The van der Waals surface area contributed by atoms with Crippen LogP contribution in [0.15, 0.2) is 0 Å². The second-order valence-electron chi connectivity index (χ2n) is 5.38. The van der Waals surface area contributed by atoms with Gasteiger partial charge < -0.3 is 10.1 Å². The summed E-state index contributed by atoms with van der Waals surface area (Å²) in [4.78, 5) is 0. The van der Waals surface area contributed by atoms with E-state index in [9.17, 15) is 0 Å². The first-order valence-corrected chi connectivity index (χ1v) is 6.01.